The molecule has 0 saturated heterocycles. The van der Waals surface area contributed by atoms with Crippen LogP contribution in [0.25, 0.3) is 0 Å². The van der Waals surface area contributed by atoms with Gasteiger partial charge in [0, 0.05) is 32.1 Å². The van der Waals surface area contributed by atoms with Gasteiger partial charge < -0.3 is 10.2 Å². The molecule has 1 aliphatic rings. The molecule has 25 heavy (non-hydrogen) atoms. The second-order valence-corrected chi connectivity index (χ2v) is 6.32. The zero-order valence-electron chi connectivity index (χ0n) is 14.2. The molecular formula is C20H21FN2O2. The van der Waals surface area contributed by atoms with Crippen molar-refractivity contribution < 1.29 is 14.0 Å². The normalized spacial score (nSPS) is 13.5. The Kier molecular flexibility index (Phi) is 5.12. The lowest BCUT2D eigenvalue weighted by Crippen LogP contribution is -2.31. The zero-order chi connectivity index (χ0) is 17.8. The van der Waals surface area contributed by atoms with Crippen LogP contribution in [-0.2, 0) is 29.0 Å². The van der Waals surface area contributed by atoms with E-state index in [4.69, 9.17) is 0 Å². The first-order valence-electron chi connectivity index (χ1n) is 8.42. The van der Waals surface area contributed by atoms with Crippen LogP contribution in [0.15, 0.2) is 42.5 Å². The smallest absolute Gasteiger partial charge is 0.227 e. The number of fused-ring (bicyclic) bond motifs is 1. The number of carbonyl (C=O) groups excluding carboxylic acids is 2. The number of hydrogen-bond donors (Lipinski definition) is 1. The maximum Gasteiger partial charge on any atom is 0.227 e. The molecule has 1 N–H and O–H groups in total. The fourth-order valence-electron chi connectivity index (χ4n) is 3.02. The molecule has 0 unspecified atom stereocenters. The van der Waals surface area contributed by atoms with Crippen LogP contribution in [0.5, 0.6) is 0 Å². The third kappa shape index (κ3) is 4.24. The SMILES string of the molecule is CN1C(=O)CCc2cc(CNC(=O)CCc3ccc(F)cc3)ccc21. The number of anilines is 1. The van der Waals surface area contributed by atoms with Gasteiger partial charge in [0.1, 0.15) is 5.82 Å². The highest BCUT2D eigenvalue weighted by Crippen LogP contribution is 2.27. The molecule has 0 aromatic heterocycles. The second-order valence-electron chi connectivity index (χ2n) is 6.32. The van der Waals surface area contributed by atoms with Crippen molar-refractivity contribution in [2.75, 3.05) is 11.9 Å². The first-order valence-corrected chi connectivity index (χ1v) is 8.42. The van der Waals surface area contributed by atoms with Crippen molar-refractivity contribution in [3.63, 3.8) is 0 Å². The summed E-state index contributed by atoms with van der Waals surface area (Å²) in [6.45, 7) is 0.465. The lowest BCUT2D eigenvalue weighted by atomic mass is 9.99. The zero-order valence-corrected chi connectivity index (χ0v) is 14.2. The van der Waals surface area contributed by atoms with Crippen LogP contribution >= 0.6 is 0 Å². The third-order valence-electron chi connectivity index (χ3n) is 4.53. The van der Waals surface area contributed by atoms with E-state index in [0.717, 1.165) is 28.8 Å². The van der Waals surface area contributed by atoms with E-state index in [1.807, 2.05) is 12.1 Å². The molecule has 0 saturated carbocycles. The highest BCUT2D eigenvalue weighted by molar-refractivity contribution is 5.95. The summed E-state index contributed by atoms with van der Waals surface area (Å²) in [4.78, 5) is 25.4. The molecule has 0 aliphatic carbocycles. The van der Waals surface area contributed by atoms with E-state index >= 15 is 0 Å². The van der Waals surface area contributed by atoms with Gasteiger partial charge in [0.15, 0.2) is 0 Å². The van der Waals surface area contributed by atoms with Crippen LogP contribution in [0.1, 0.15) is 29.5 Å². The van der Waals surface area contributed by atoms with Crippen LogP contribution in [-0.4, -0.2) is 18.9 Å². The van der Waals surface area contributed by atoms with Gasteiger partial charge in [0.05, 0.1) is 0 Å². The average molecular weight is 340 g/mol. The van der Waals surface area contributed by atoms with Crippen LogP contribution in [0.4, 0.5) is 10.1 Å². The molecule has 3 rings (SSSR count). The fraction of sp³-hybridized carbons (Fsp3) is 0.300. The van der Waals surface area contributed by atoms with Crippen molar-refractivity contribution in [3.8, 4) is 0 Å². The van der Waals surface area contributed by atoms with Gasteiger partial charge in [-0.3, -0.25) is 9.59 Å². The number of nitrogens with zero attached hydrogens (tertiary/aromatic N) is 1. The average Bonchev–Trinajstić information content (AvgIpc) is 2.62. The summed E-state index contributed by atoms with van der Waals surface area (Å²) in [5.74, 6) is -0.170. The van der Waals surface area contributed by atoms with Crippen LogP contribution in [0, 0.1) is 5.82 Å². The molecule has 0 atom stereocenters. The van der Waals surface area contributed by atoms with E-state index in [1.54, 1.807) is 24.1 Å². The van der Waals surface area contributed by atoms with Crippen molar-refractivity contribution in [2.24, 2.45) is 0 Å². The van der Waals surface area contributed by atoms with Gasteiger partial charge in [-0.1, -0.05) is 24.3 Å². The Balaban J connectivity index is 1.52. The number of carbonyl (C=O) groups is 2. The summed E-state index contributed by atoms with van der Waals surface area (Å²) in [7, 11) is 1.79. The minimum Gasteiger partial charge on any atom is -0.352 e. The number of amides is 2. The van der Waals surface area contributed by atoms with Gasteiger partial charge in [-0.2, -0.15) is 0 Å². The predicted molar refractivity (Wildman–Crippen MR) is 94.7 cm³/mol. The quantitative estimate of drug-likeness (QED) is 0.910. The lowest BCUT2D eigenvalue weighted by Gasteiger charge is -2.26. The van der Waals surface area contributed by atoms with Gasteiger partial charge in [-0.25, -0.2) is 4.39 Å². The Bertz CT molecular complexity index is 787. The molecule has 0 fully saturated rings. The van der Waals surface area contributed by atoms with Crippen molar-refractivity contribution in [1.82, 2.24) is 5.32 Å². The van der Waals surface area contributed by atoms with Gasteiger partial charge in [-0.15, -0.1) is 0 Å². The minimum atomic E-state index is -0.270. The first kappa shape index (κ1) is 17.1. The molecule has 1 aliphatic heterocycles. The van der Waals surface area contributed by atoms with E-state index in [9.17, 15) is 14.0 Å². The Morgan fingerprint density at radius 1 is 1.12 bits per heavy atom. The molecular weight excluding hydrogens is 319 g/mol. The number of nitrogens with one attached hydrogen (secondary N) is 1. The Morgan fingerprint density at radius 2 is 1.84 bits per heavy atom. The molecule has 2 amide bonds. The molecule has 0 spiro atoms. The number of aryl methyl sites for hydroxylation is 2. The molecule has 2 aromatic carbocycles. The summed E-state index contributed by atoms with van der Waals surface area (Å²) in [6, 6.07) is 12.1. The largest absolute Gasteiger partial charge is 0.352 e. The molecule has 2 aromatic rings. The van der Waals surface area contributed by atoms with Crippen molar-refractivity contribution >= 4 is 17.5 Å². The van der Waals surface area contributed by atoms with Gasteiger partial charge in [0.2, 0.25) is 11.8 Å². The van der Waals surface area contributed by atoms with E-state index in [1.165, 1.54) is 12.1 Å². The summed E-state index contributed by atoms with van der Waals surface area (Å²) in [5.41, 5.74) is 4.05. The molecule has 0 radical (unpaired) electrons. The van der Waals surface area contributed by atoms with Crippen LogP contribution in [0.3, 0.4) is 0 Å². The minimum absolute atomic E-state index is 0.0330. The van der Waals surface area contributed by atoms with Crippen LogP contribution in [0.2, 0.25) is 0 Å². The van der Waals surface area contributed by atoms with Gasteiger partial charge >= 0.3 is 0 Å². The Hall–Kier alpha value is -2.69. The summed E-state index contributed by atoms with van der Waals surface area (Å²) < 4.78 is 12.9. The van der Waals surface area contributed by atoms with E-state index in [-0.39, 0.29) is 17.6 Å². The van der Waals surface area contributed by atoms with E-state index in [2.05, 4.69) is 11.4 Å². The van der Waals surface area contributed by atoms with E-state index < -0.39 is 0 Å². The van der Waals surface area contributed by atoms with Crippen molar-refractivity contribution in [1.29, 1.82) is 0 Å². The lowest BCUT2D eigenvalue weighted by molar-refractivity contribution is -0.121. The Labute approximate surface area is 146 Å². The summed E-state index contributed by atoms with van der Waals surface area (Å²) in [6.07, 6.45) is 2.22. The fourth-order valence-corrected chi connectivity index (χ4v) is 3.02. The van der Waals surface area contributed by atoms with Gasteiger partial charge in [-0.05, 0) is 47.7 Å². The second kappa shape index (κ2) is 7.47. The third-order valence-corrected chi connectivity index (χ3v) is 4.53. The molecule has 0 bridgehead atoms. The summed E-state index contributed by atoms with van der Waals surface area (Å²) >= 11 is 0. The number of halogens is 1. The van der Waals surface area contributed by atoms with Crippen LogP contribution < -0.4 is 10.2 Å². The Morgan fingerprint density at radius 3 is 2.60 bits per heavy atom. The molecule has 4 nitrogen and oxygen atoms in total. The summed E-state index contributed by atoms with van der Waals surface area (Å²) in [5, 5.41) is 2.91. The number of benzene rings is 2. The van der Waals surface area contributed by atoms with E-state index in [0.29, 0.717) is 25.8 Å². The highest BCUT2D eigenvalue weighted by Gasteiger charge is 2.20. The predicted octanol–water partition coefficient (Wildman–Crippen LogP) is 2.98. The van der Waals surface area contributed by atoms with Gasteiger partial charge in [0.25, 0.3) is 0 Å². The molecule has 5 heteroatoms. The number of rotatable bonds is 5. The van der Waals surface area contributed by atoms with Crippen molar-refractivity contribution in [3.05, 3.63) is 65.0 Å². The maximum atomic E-state index is 12.9. The molecule has 1 heterocycles. The topological polar surface area (TPSA) is 49.4 Å². The molecule has 130 valence electrons. The number of hydrogen-bond acceptors (Lipinski definition) is 2. The monoisotopic (exact) mass is 340 g/mol. The maximum absolute atomic E-state index is 12.9. The first-order chi connectivity index (χ1) is 12.0. The van der Waals surface area contributed by atoms with Crippen molar-refractivity contribution in [2.45, 2.75) is 32.2 Å². The standard InChI is InChI=1S/C20H21FN2O2/c1-23-18-9-4-15(12-16(18)6-11-20(23)25)13-22-19(24)10-5-14-2-7-17(21)8-3-14/h2-4,7-9,12H,5-6,10-11,13H2,1H3,(H,22,24). The highest BCUT2D eigenvalue weighted by atomic mass is 19.1.